The third-order valence-corrected chi connectivity index (χ3v) is 6.19. The van der Waals surface area contributed by atoms with Gasteiger partial charge in [0.2, 0.25) is 5.69 Å². The minimum Gasteiger partial charge on any atom is -0.497 e. The molecule has 0 saturated carbocycles. The molecule has 1 saturated heterocycles. The first-order valence-corrected chi connectivity index (χ1v) is 11.9. The summed E-state index contributed by atoms with van der Waals surface area (Å²) in [5, 5.41) is 4.13. The highest BCUT2D eigenvalue weighted by atomic mass is 19.1. The third-order valence-electron chi connectivity index (χ3n) is 6.19. The summed E-state index contributed by atoms with van der Waals surface area (Å²) >= 11 is 0. The van der Waals surface area contributed by atoms with Crippen molar-refractivity contribution in [2.45, 2.75) is 26.3 Å². The number of carbonyl (C=O) groups excluding carboxylic acids is 2. The van der Waals surface area contributed by atoms with E-state index in [0.29, 0.717) is 25.1 Å². The lowest BCUT2D eigenvalue weighted by Gasteiger charge is -2.31. The second kappa shape index (κ2) is 11.2. The van der Waals surface area contributed by atoms with Crippen LogP contribution in [0.1, 0.15) is 35.8 Å². The number of nitrogens with zero attached hydrogens (tertiary/aromatic N) is 4. The minimum atomic E-state index is -0.943. The molecule has 37 heavy (non-hydrogen) atoms. The average molecular weight is 511 g/mol. The molecule has 0 spiro atoms. The van der Waals surface area contributed by atoms with Gasteiger partial charge in [0.05, 0.1) is 31.9 Å². The predicted molar refractivity (Wildman–Crippen MR) is 131 cm³/mol. The van der Waals surface area contributed by atoms with E-state index in [4.69, 9.17) is 9.47 Å². The summed E-state index contributed by atoms with van der Waals surface area (Å²) in [5.41, 5.74) is -1.89. The molecule has 11 heteroatoms. The molecule has 1 amide bonds. The summed E-state index contributed by atoms with van der Waals surface area (Å²) in [7, 11) is 1.49. The van der Waals surface area contributed by atoms with Gasteiger partial charge in [0.15, 0.2) is 0 Å². The summed E-state index contributed by atoms with van der Waals surface area (Å²) in [6, 6.07) is 12.1. The molecule has 0 aliphatic carbocycles. The van der Waals surface area contributed by atoms with Crippen LogP contribution in [0, 0.1) is 11.7 Å². The van der Waals surface area contributed by atoms with Crippen LogP contribution in [0.5, 0.6) is 5.75 Å². The van der Waals surface area contributed by atoms with Crippen molar-refractivity contribution in [3.63, 3.8) is 0 Å². The summed E-state index contributed by atoms with van der Waals surface area (Å²) < 4.78 is 26.4. The van der Waals surface area contributed by atoms with Gasteiger partial charge in [0.1, 0.15) is 11.6 Å². The fraction of sp³-hybridized carbons (Fsp3) is 0.346. The van der Waals surface area contributed by atoms with E-state index in [2.05, 4.69) is 5.10 Å². The molecule has 1 aliphatic heterocycles. The molecule has 1 atom stereocenters. The van der Waals surface area contributed by atoms with Gasteiger partial charge in [0.25, 0.3) is 11.5 Å². The lowest BCUT2D eigenvalue weighted by Crippen LogP contribution is -2.49. The number of methoxy groups -OCH3 is 1. The van der Waals surface area contributed by atoms with E-state index >= 15 is 0 Å². The van der Waals surface area contributed by atoms with Crippen molar-refractivity contribution in [3.05, 3.63) is 86.4 Å². The molecule has 10 nitrogen and oxygen atoms in total. The van der Waals surface area contributed by atoms with Crippen LogP contribution in [0.3, 0.4) is 0 Å². The first-order chi connectivity index (χ1) is 17.8. The second-order valence-corrected chi connectivity index (χ2v) is 8.57. The molecule has 3 aromatic rings. The number of amides is 1. The quantitative estimate of drug-likeness (QED) is 0.447. The Morgan fingerprint density at radius 1 is 1.11 bits per heavy atom. The van der Waals surface area contributed by atoms with Crippen LogP contribution in [0.25, 0.3) is 5.69 Å². The van der Waals surface area contributed by atoms with Gasteiger partial charge in [-0.1, -0.05) is 18.2 Å². The Balaban J connectivity index is 1.79. The van der Waals surface area contributed by atoms with Crippen LogP contribution < -0.4 is 16.0 Å². The predicted octanol–water partition coefficient (Wildman–Crippen LogP) is 2.01. The lowest BCUT2D eigenvalue weighted by molar-refractivity contribution is -0.149. The van der Waals surface area contributed by atoms with Crippen molar-refractivity contribution in [3.8, 4) is 11.4 Å². The molecule has 2 heterocycles. The molecule has 0 radical (unpaired) electrons. The summed E-state index contributed by atoms with van der Waals surface area (Å²) in [4.78, 5) is 53.9. The smallest absolute Gasteiger partial charge is 0.352 e. The number of aromatic nitrogens is 3. The molecule has 4 rings (SSSR count). The summed E-state index contributed by atoms with van der Waals surface area (Å²) in [6.45, 7) is 1.90. The minimum absolute atomic E-state index is 0.0633. The van der Waals surface area contributed by atoms with Crippen LogP contribution >= 0.6 is 0 Å². The number of rotatable bonds is 7. The Kier molecular flexibility index (Phi) is 7.80. The van der Waals surface area contributed by atoms with Gasteiger partial charge in [-0.25, -0.2) is 9.18 Å². The number of carbonyl (C=O) groups is 2. The maximum absolute atomic E-state index is 14.4. The van der Waals surface area contributed by atoms with Crippen molar-refractivity contribution in [2.24, 2.45) is 5.92 Å². The van der Waals surface area contributed by atoms with Gasteiger partial charge in [-0.05, 0) is 50.1 Å². The maximum atomic E-state index is 14.4. The zero-order valence-corrected chi connectivity index (χ0v) is 20.6. The van der Waals surface area contributed by atoms with Crippen LogP contribution in [0.2, 0.25) is 0 Å². The highest BCUT2D eigenvalue weighted by Gasteiger charge is 2.32. The topological polar surface area (TPSA) is 113 Å². The van der Waals surface area contributed by atoms with Crippen molar-refractivity contribution in [1.82, 2.24) is 19.2 Å². The highest BCUT2D eigenvalue weighted by molar-refractivity contribution is 5.92. The highest BCUT2D eigenvalue weighted by Crippen LogP contribution is 2.19. The Morgan fingerprint density at radius 2 is 1.84 bits per heavy atom. The van der Waals surface area contributed by atoms with E-state index in [1.54, 1.807) is 37.3 Å². The SMILES string of the molecule is CCOC(=O)[C@H]1CCCN(C(=O)c2nn(-c3ccc(OC)cc3)c(=O)n(Cc3ccccc3F)c2=O)C1. The molecular formula is C26H27FN4O6. The number of esters is 1. The van der Waals surface area contributed by atoms with Crippen molar-refractivity contribution >= 4 is 11.9 Å². The standard InChI is InChI=1S/C26H27FN4O6/c1-3-37-25(34)18-8-6-14-29(15-18)23(32)22-24(33)30(16-17-7-4-5-9-21(17)27)26(35)31(28-22)19-10-12-20(36-2)13-11-19/h4-5,7,9-13,18H,3,6,8,14-16H2,1-2H3/t18-/m0/s1. The first kappa shape index (κ1) is 25.8. The number of piperidine rings is 1. The molecule has 1 aliphatic rings. The van der Waals surface area contributed by atoms with Crippen molar-refractivity contribution < 1.29 is 23.5 Å². The molecule has 194 valence electrons. The molecule has 0 bridgehead atoms. The molecule has 0 unspecified atom stereocenters. The van der Waals surface area contributed by atoms with Crippen molar-refractivity contribution in [1.29, 1.82) is 0 Å². The molecule has 1 aromatic heterocycles. The molecule has 1 fully saturated rings. The van der Waals surface area contributed by atoms with E-state index in [1.165, 1.54) is 30.2 Å². The zero-order chi connectivity index (χ0) is 26.5. The molecular weight excluding hydrogens is 483 g/mol. The van der Waals surface area contributed by atoms with Gasteiger partial charge < -0.3 is 14.4 Å². The number of ether oxygens (including phenoxy) is 2. The van der Waals surface area contributed by atoms with Gasteiger partial charge in [-0.15, -0.1) is 0 Å². The Bertz CT molecular complexity index is 1420. The number of halogens is 1. The van der Waals surface area contributed by atoms with Gasteiger partial charge in [-0.2, -0.15) is 9.78 Å². The van der Waals surface area contributed by atoms with Crippen LogP contribution in [-0.4, -0.2) is 57.9 Å². The van der Waals surface area contributed by atoms with Gasteiger partial charge >= 0.3 is 11.7 Å². The van der Waals surface area contributed by atoms with E-state index < -0.39 is 47.1 Å². The Morgan fingerprint density at radius 3 is 2.51 bits per heavy atom. The number of benzene rings is 2. The van der Waals surface area contributed by atoms with E-state index in [-0.39, 0.29) is 24.4 Å². The first-order valence-electron chi connectivity index (χ1n) is 11.9. The maximum Gasteiger partial charge on any atom is 0.352 e. The number of hydrogen-bond acceptors (Lipinski definition) is 7. The normalized spacial score (nSPS) is 15.3. The van der Waals surface area contributed by atoms with E-state index in [0.717, 1.165) is 9.25 Å². The average Bonchev–Trinajstić information content (AvgIpc) is 2.92. The second-order valence-electron chi connectivity index (χ2n) is 8.57. The van der Waals surface area contributed by atoms with Gasteiger partial charge in [0, 0.05) is 18.7 Å². The van der Waals surface area contributed by atoms with Crippen LogP contribution in [0.4, 0.5) is 4.39 Å². The molecule has 2 aromatic carbocycles. The van der Waals surface area contributed by atoms with Gasteiger partial charge in [-0.3, -0.25) is 19.0 Å². The number of hydrogen-bond donors (Lipinski definition) is 0. The van der Waals surface area contributed by atoms with E-state index in [1.807, 2.05) is 0 Å². The summed E-state index contributed by atoms with van der Waals surface area (Å²) in [5.74, 6) is -1.71. The monoisotopic (exact) mass is 510 g/mol. The third kappa shape index (κ3) is 5.45. The Labute approximate surface area is 211 Å². The van der Waals surface area contributed by atoms with Crippen LogP contribution in [-0.2, 0) is 16.1 Å². The number of likely N-dealkylation sites (tertiary alicyclic amines) is 1. The Hall–Kier alpha value is -4.28. The van der Waals surface area contributed by atoms with Crippen molar-refractivity contribution in [2.75, 3.05) is 26.8 Å². The summed E-state index contributed by atoms with van der Waals surface area (Å²) in [6.07, 6.45) is 1.09. The fourth-order valence-corrected chi connectivity index (χ4v) is 4.24. The fourth-order valence-electron chi connectivity index (χ4n) is 4.24. The molecule has 0 N–H and O–H groups in total. The van der Waals surface area contributed by atoms with Crippen LogP contribution in [0.15, 0.2) is 58.1 Å². The largest absolute Gasteiger partial charge is 0.497 e. The zero-order valence-electron chi connectivity index (χ0n) is 20.6. The van der Waals surface area contributed by atoms with E-state index in [9.17, 15) is 23.6 Å². The lowest BCUT2D eigenvalue weighted by atomic mass is 9.98.